The Morgan fingerprint density at radius 1 is 1.26 bits per heavy atom. The van der Waals surface area contributed by atoms with Crippen LogP contribution >= 0.6 is 0 Å². The molecule has 0 fully saturated rings. The normalized spacial score (nSPS) is 11.3. The summed E-state index contributed by atoms with van der Waals surface area (Å²) in [6.45, 7) is -0.121. The van der Waals surface area contributed by atoms with Crippen molar-refractivity contribution in [1.29, 1.82) is 0 Å². The minimum Gasteiger partial charge on any atom is -0.496 e. The van der Waals surface area contributed by atoms with Crippen LogP contribution in [0.1, 0.15) is 16.1 Å². The Labute approximate surface area is 155 Å². The Morgan fingerprint density at radius 2 is 2.04 bits per heavy atom. The van der Waals surface area contributed by atoms with Crippen LogP contribution in [0.3, 0.4) is 0 Å². The van der Waals surface area contributed by atoms with Crippen LogP contribution in [0.15, 0.2) is 58.3 Å². The molecule has 2 aromatic heterocycles. The van der Waals surface area contributed by atoms with Crippen molar-refractivity contribution >= 4 is 15.9 Å². The molecule has 0 atom stereocenters. The number of nitrogens with zero attached hydrogens (tertiary/aromatic N) is 2. The highest BCUT2D eigenvalue weighted by molar-refractivity contribution is 7.89. The molecule has 9 nitrogen and oxygen atoms in total. The number of nitrogens with one attached hydrogen (secondary N) is 1. The zero-order valence-corrected chi connectivity index (χ0v) is 15.1. The van der Waals surface area contributed by atoms with Gasteiger partial charge < -0.3 is 14.9 Å². The van der Waals surface area contributed by atoms with Gasteiger partial charge in [0.05, 0.1) is 36.1 Å². The van der Waals surface area contributed by atoms with E-state index in [4.69, 9.17) is 14.9 Å². The van der Waals surface area contributed by atoms with Gasteiger partial charge >= 0.3 is 0 Å². The third-order valence-corrected chi connectivity index (χ3v) is 5.10. The molecule has 0 aliphatic rings. The van der Waals surface area contributed by atoms with E-state index in [0.29, 0.717) is 17.1 Å². The van der Waals surface area contributed by atoms with Crippen molar-refractivity contribution < 1.29 is 22.4 Å². The zero-order chi connectivity index (χ0) is 19.4. The molecule has 3 N–H and O–H groups in total. The van der Waals surface area contributed by atoms with Crippen LogP contribution in [-0.2, 0) is 16.6 Å². The quantitative estimate of drug-likeness (QED) is 0.622. The van der Waals surface area contributed by atoms with E-state index in [-0.39, 0.29) is 22.8 Å². The van der Waals surface area contributed by atoms with Gasteiger partial charge in [0, 0.05) is 12.4 Å². The van der Waals surface area contributed by atoms with Gasteiger partial charge in [-0.1, -0.05) is 0 Å². The summed E-state index contributed by atoms with van der Waals surface area (Å²) in [5.41, 5.74) is 6.06. The van der Waals surface area contributed by atoms with Crippen LogP contribution in [0.25, 0.3) is 11.5 Å². The Bertz CT molecular complexity index is 1060. The molecular formula is C17H16N4O5S. The number of ether oxygens (including phenoxy) is 1. The number of hydrogen-bond donors (Lipinski definition) is 2. The van der Waals surface area contributed by atoms with Gasteiger partial charge in [0.15, 0.2) is 5.76 Å². The summed E-state index contributed by atoms with van der Waals surface area (Å²) in [5, 5.41) is 0. The minimum atomic E-state index is -3.94. The van der Waals surface area contributed by atoms with Crippen molar-refractivity contribution in [3.05, 3.63) is 60.2 Å². The molecule has 3 rings (SSSR count). The van der Waals surface area contributed by atoms with E-state index in [1.54, 1.807) is 12.1 Å². The second kappa shape index (κ2) is 7.56. The molecule has 1 amide bonds. The van der Waals surface area contributed by atoms with Gasteiger partial charge in [-0.3, -0.25) is 9.78 Å². The molecule has 0 aliphatic heterocycles. The first-order valence-corrected chi connectivity index (χ1v) is 9.22. The molecule has 3 aromatic rings. The highest BCUT2D eigenvalue weighted by Crippen LogP contribution is 2.23. The maximum Gasteiger partial charge on any atom is 0.252 e. The fraction of sp³-hybridized carbons (Fsp3) is 0.118. The summed E-state index contributed by atoms with van der Waals surface area (Å²) in [7, 11) is -2.58. The van der Waals surface area contributed by atoms with Crippen LogP contribution in [0.2, 0.25) is 0 Å². The Morgan fingerprint density at radius 3 is 2.70 bits per heavy atom. The van der Waals surface area contributed by atoms with E-state index >= 15 is 0 Å². The number of aromatic nitrogens is 2. The number of nitrogens with two attached hydrogens (primary N) is 1. The summed E-state index contributed by atoms with van der Waals surface area (Å²) in [4.78, 5) is 19.7. The molecule has 2 heterocycles. The van der Waals surface area contributed by atoms with E-state index in [0.717, 1.165) is 6.07 Å². The summed E-state index contributed by atoms with van der Waals surface area (Å²) >= 11 is 0. The lowest BCUT2D eigenvalue weighted by molar-refractivity contribution is 0.0997. The molecule has 0 spiro atoms. The van der Waals surface area contributed by atoms with Crippen molar-refractivity contribution in [1.82, 2.24) is 14.7 Å². The minimum absolute atomic E-state index is 0.0313. The fourth-order valence-corrected chi connectivity index (χ4v) is 3.42. The molecule has 0 aliphatic carbocycles. The number of methoxy groups -OCH3 is 1. The predicted molar refractivity (Wildman–Crippen MR) is 95.3 cm³/mol. The molecular weight excluding hydrogens is 372 g/mol. The van der Waals surface area contributed by atoms with E-state index in [9.17, 15) is 13.2 Å². The van der Waals surface area contributed by atoms with Crippen LogP contribution in [0.5, 0.6) is 5.75 Å². The van der Waals surface area contributed by atoms with E-state index in [1.807, 2.05) is 0 Å². The van der Waals surface area contributed by atoms with Gasteiger partial charge in [0.1, 0.15) is 11.4 Å². The molecule has 27 heavy (non-hydrogen) atoms. The maximum absolute atomic E-state index is 12.6. The van der Waals surface area contributed by atoms with Gasteiger partial charge in [-0.2, -0.15) is 0 Å². The first kappa shape index (κ1) is 18.5. The summed E-state index contributed by atoms with van der Waals surface area (Å²) in [6.07, 6.45) is 4.42. The number of sulfonamides is 1. The molecule has 1 aromatic carbocycles. The smallest absolute Gasteiger partial charge is 0.252 e. The molecule has 10 heteroatoms. The SMILES string of the molecule is COc1ccc(S(=O)(=O)NCc2nccnc2-c2ccco2)cc1C(N)=O. The molecule has 0 bridgehead atoms. The number of carbonyl (C=O) groups is 1. The number of benzene rings is 1. The van der Waals surface area contributed by atoms with Gasteiger partial charge in [0.25, 0.3) is 5.91 Å². The molecule has 0 radical (unpaired) electrons. The van der Waals surface area contributed by atoms with Gasteiger partial charge in [-0.15, -0.1) is 0 Å². The number of amides is 1. The van der Waals surface area contributed by atoms with Gasteiger partial charge in [-0.25, -0.2) is 18.1 Å². The monoisotopic (exact) mass is 388 g/mol. The summed E-state index contributed by atoms with van der Waals surface area (Å²) < 4.78 is 38.0. The molecule has 0 saturated carbocycles. The van der Waals surface area contributed by atoms with Gasteiger partial charge in [-0.05, 0) is 30.3 Å². The second-order valence-corrected chi connectivity index (χ2v) is 7.15. The highest BCUT2D eigenvalue weighted by Gasteiger charge is 2.20. The highest BCUT2D eigenvalue weighted by atomic mass is 32.2. The largest absolute Gasteiger partial charge is 0.496 e. The lowest BCUT2D eigenvalue weighted by atomic mass is 10.2. The van der Waals surface area contributed by atoms with E-state index in [1.165, 1.54) is 37.9 Å². The molecule has 0 unspecified atom stereocenters. The summed E-state index contributed by atoms with van der Waals surface area (Å²) in [6, 6.07) is 7.24. The Kier molecular flexibility index (Phi) is 5.19. The molecule has 0 saturated heterocycles. The lowest BCUT2D eigenvalue weighted by Crippen LogP contribution is -2.25. The van der Waals surface area contributed by atoms with Crippen molar-refractivity contribution in [2.75, 3.05) is 7.11 Å². The first-order chi connectivity index (χ1) is 12.9. The Balaban J connectivity index is 1.87. The number of hydrogen-bond acceptors (Lipinski definition) is 7. The Hall–Kier alpha value is -3.24. The number of rotatable bonds is 7. The zero-order valence-electron chi connectivity index (χ0n) is 14.2. The fourth-order valence-electron chi connectivity index (χ4n) is 2.41. The number of primary amides is 1. The van der Waals surface area contributed by atoms with Crippen LogP contribution in [0.4, 0.5) is 0 Å². The summed E-state index contributed by atoms with van der Waals surface area (Å²) in [5.74, 6) is -0.133. The average Bonchev–Trinajstić information content (AvgIpc) is 3.20. The van der Waals surface area contributed by atoms with E-state index in [2.05, 4.69) is 14.7 Å². The van der Waals surface area contributed by atoms with Gasteiger partial charge in [0.2, 0.25) is 10.0 Å². The van der Waals surface area contributed by atoms with Crippen LogP contribution in [0, 0.1) is 0 Å². The van der Waals surface area contributed by atoms with Crippen molar-refractivity contribution in [2.45, 2.75) is 11.4 Å². The van der Waals surface area contributed by atoms with Crippen LogP contribution < -0.4 is 15.2 Å². The number of furan rings is 1. The van der Waals surface area contributed by atoms with Crippen molar-refractivity contribution in [3.8, 4) is 17.2 Å². The first-order valence-electron chi connectivity index (χ1n) is 7.73. The number of carbonyl (C=O) groups excluding carboxylic acids is 1. The third kappa shape index (κ3) is 3.96. The topological polar surface area (TPSA) is 137 Å². The standard InChI is InChI=1S/C17H16N4O5S/c1-25-14-5-4-11(9-12(14)17(18)22)27(23,24)21-10-13-16(20-7-6-19-13)15-3-2-8-26-15/h2-9,21H,10H2,1H3,(H2,18,22). The van der Waals surface area contributed by atoms with Crippen LogP contribution in [-0.4, -0.2) is 31.4 Å². The molecule has 140 valence electrons. The third-order valence-electron chi connectivity index (χ3n) is 3.70. The predicted octanol–water partition coefficient (Wildman–Crippen LogP) is 1.32. The maximum atomic E-state index is 12.6. The van der Waals surface area contributed by atoms with Crippen molar-refractivity contribution in [2.24, 2.45) is 5.73 Å². The second-order valence-electron chi connectivity index (χ2n) is 5.38. The van der Waals surface area contributed by atoms with Crippen molar-refractivity contribution in [3.63, 3.8) is 0 Å². The lowest BCUT2D eigenvalue weighted by Gasteiger charge is -2.11. The van der Waals surface area contributed by atoms with E-state index < -0.39 is 15.9 Å². The average molecular weight is 388 g/mol.